The van der Waals surface area contributed by atoms with Gasteiger partial charge >= 0.3 is 0 Å². The SMILES string of the molecule is C[C@@H](NC(=O)CN1CCOCCN(CC(=O)N[C@H](C)c2cccc3ccccc23)CC1)c1cccc2ccccc12. The maximum absolute atomic E-state index is 13.1. The van der Waals surface area contributed by atoms with Crippen molar-refractivity contribution in [3.05, 3.63) is 96.1 Å². The molecule has 0 spiro atoms. The van der Waals surface area contributed by atoms with Crippen LogP contribution in [0.3, 0.4) is 0 Å². The van der Waals surface area contributed by atoms with Gasteiger partial charge in [-0.05, 0) is 46.5 Å². The van der Waals surface area contributed by atoms with E-state index in [-0.39, 0.29) is 37.0 Å². The topological polar surface area (TPSA) is 73.9 Å². The molecule has 41 heavy (non-hydrogen) atoms. The van der Waals surface area contributed by atoms with Gasteiger partial charge in [-0.3, -0.25) is 19.4 Å². The van der Waals surface area contributed by atoms with E-state index < -0.39 is 0 Å². The molecule has 1 fully saturated rings. The summed E-state index contributed by atoms with van der Waals surface area (Å²) in [6.45, 7) is 8.48. The summed E-state index contributed by atoms with van der Waals surface area (Å²) >= 11 is 0. The normalized spacial score (nSPS) is 16.8. The maximum atomic E-state index is 13.1. The van der Waals surface area contributed by atoms with Crippen molar-refractivity contribution in [2.45, 2.75) is 25.9 Å². The van der Waals surface area contributed by atoms with Crippen molar-refractivity contribution in [1.82, 2.24) is 20.4 Å². The quantitative estimate of drug-likeness (QED) is 0.332. The number of amides is 2. The molecule has 2 atom stereocenters. The number of ether oxygens (including phenoxy) is 1. The van der Waals surface area contributed by atoms with Crippen LogP contribution in [0.4, 0.5) is 0 Å². The number of hydrogen-bond donors (Lipinski definition) is 2. The molecule has 2 amide bonds. The molecule has 7 heteroatoms. The number of hydrogen-bond acceptors (Lipinski definition) is 5. The molecule has 0 unspecified atom stereocenters. The molecule has 7 nitrogen and oxygen atoms in total. The average molecular weight is 553 g/mol. The second kappa shape index (κ2) is 13.7. The highest BCUT2D eigenvalue weighted by Crippen LogP contribution is 2.25. The fourth-order valence-corrected chi connectivity index (χ4v) is 5.70. The van der Waals surface area contributed by atoms with E-state index in [9.17, 15) is 9.59 Å². The summed E-state index contributed by atoms with van der Waals surface area (Å²) < 4.78 is 5.83. The van der Waals surface area contributed by atoms with Crippen LogP contribution in [0, 0.1) is 0 Å². The van der Waals surface area contributed by atoms with Gasteiger partial charge in [-0.25, -0.2) is 0 Å². The van der Waals surface area contributed by atoms with Crippen molar-refractivity contribution in [1.29, 1.82) is 0 Å². The molecular formula is C34H40N4O3. The van der Waals surface area contributed by atoms with Crippen LogP contribution in [-0.4, -0.2) is 74.1 Å². The standard InChI is InChI=1S/C34H40N4O3/c1-25(29-15-7-11-27-9-3-5-13-31(27)29)35-33(39)23-37-17-18-38(20-22-41-21-19-37)24-34(40)36-26(2)30-16-8-12-28-10-4-6-14-32(28)30/h3-16,25-26H,17-24H2,1-2H3,(H,35,39)(H,36,40)/t25-,26-/m1/s1. The van der Waals surface area contributed by atoms with E-state index in [2.05, 4.69) is 69.0 Å². The van der Waals surface area contributed by atoms with Gasteiger partial charge < -0.3 is 15.4 Å². The number of nitrogens with zero attached hydrogens (tertiary/aromatic N) is 2. The third-order valence-electron chi connectivity index (χ3n) is 7.91. The van der Waals surface area contributed by atoms with E-state index in [0.717, 1.165) is 21.9 Å². The first-order chi connectivity index (χ1) is 20.0. The van der Waals surface area contributed by atoms with Crippen molar-refractivity contribution in [3.63, 3.8) is 0 Å². The Morgan fingerprint density at radius 3 is 1.51 bits per heavy atom. The second-order valence-electron chi connectivity index (χ2n) is 10.9. The highest BCUT2D eigenvalue weighted by molar-refractivity contribution is 5.88. The number of carbonyl (C=O) groups is 2. The zero-order valence-electron chi connectivity index (χ0n) is 24.0. The lowest BCUT2D eigenvalue weighted by atomic mass is 10.00. The Bertz CT molecular complexity index is 1370. The maximum Gasteiger partial charge on any atom is 0.234 e. The summed E-state index contributed by atoms with van der Waals surface area (Å²) in [6, 6.07) is 28.7. The van der Waals surface area contributed by atoms with E-state index in [0.29, 0.717) is 39.4 Å². The molecule has 2 N–H and O–H groups in total. The monoisotopic (exact) mass is 552 g/mol. The molecule has 1 heterocycles. The first kappa shape index (κ1) is 28.7. The Morgan fingerprint density at radius 2 is 1.05 bits per heavy atom. The van der Waals surface area contributed by atoms with Crippen molar-refractivity contribution < 1.29 is 14.3 Å². The fraction of sp³-hybridized carbons (Fsp3) is 0.353. The van der Waals surface area contributed by atoms with E-state index in [1.165, 1.54) is 10.8 Å². The Morgan fingerprint density at radius 1 is 0.634 bits per heavy atom. The molecule has 0 radical (unpaired) electrons. The fourth-order valence-electron chi connectivity index (χ4n) is 5.70. The molecule has 0 saturated carbocycles. The molecule has 4 aromatic carbocycles. The minimum absolute atomic E-state index is 0.0158. The van der Waals surface area contributed by atoms with Crippen LogP contribution in [0.2, 0.25) is 0 Å². The molecule has 214 valence electrons. The zero-order chi connectivity index (χ0) is 28.6. The molecule has 0 aromatic heterocycles. The zero-order valence-corrected chi connectivity index (χ0v) is 24.0. The summed E-state index contributed by atoms with van der Waals surface area (Å²) in [5.41, 5.74) is 2.22. The Balaban J connectivity index is 1.14. The minimum Gasteiger partial charge on any atom is -0.379 e. The number of fused-ring (bicyclic) bond motifs is 2. The van der Waals surface area contributed by atoms with E-state index in [1.54, 1.807) is 0 Å². The van der Waals surface area contributed by atoms with Gasteiger partial charge in [-0.2, -0.15) is 0 Å². The summed E-state index contributed by atoms with van der Waals surface area (Å²) in [6.07, 6.45) is 0. The van der Waals surface area contributed by atoms with Gasteiger partial charge in [-0.1, -0.05) is 84.9 Å². The largest absolute Gasteiger partial charge is 0.379 e. The smallest absolute Gasteiger partial charge is 0.234 e. The average Bonchev–Trinajstić information content (AvgIpc) is 3.08. The molecular weight excluding hydrogens is 512 g/mol. The highest BCUT2D eigenvalue weighted by atomic mass is 16.5. The van der Waals surface area contributed by atoms with Crippen molar-refractivity contribution in [3.8, 4) is 0 Å². The summed E-state index contributed by atoms with van der Waals surface area (Å²) in [7, 11) is 0. The Hall–Kier alpha value is -3.78. The van der Waals surface area contributed by atoms with Gasteiger partial charge in [0.05, 0.1) is 38.4 Å². The minimum atomic E-state index is -0.105. The third-order valence-corrected chi connectivity index (χ3v) is 7.91. The van der Waals surface area contributed by atoms with Gasteiger partial charge in [0.1, 0.15) is 0 Å². The first-order valence-corrected chi connectivity index (χ1v) is 14.5. The van der Waals surface area contributed by atoms with Crippen LogP contribution in [-0.2, 0) is 14.3 Å². The first-order valence-electron chi connectivity index (χ1n) is 14.5. The van der Waals surface area contributed by atoms with Crippen LogP contribution in [0.5, 0.6) is 0 Å². The van der Waals surface area contributed by atoms with E-state index in [4.69, 9.17) is 4.74 Å². The Kier molecular flexibility index (Phi) is 9.62. The number of carbonyl (C=O) groups excluding carboxylic acids is 2. The highest BCUT2D eigenvalue weighted by Gasteiger charge is 2.20. The third kappa shape index (κ3) is 7.50. The molecule has 1 aliphatic rings. The van der Waals surface area contributed by atoms with Crippen LogP contribution < -0.4 is 10.6 Å². The van der Waals surface area contributed by atoms with Gasteiger partial charge in [-0.15, -0.1) is 0 Å². The van der Waals surface area contributed by atoms with Crippen LogP contribution in [0.15, 0.2) is 84.9 Å². The van der Waals surface area contributed by atoms with Gasteiger partial charge in [0.15, 0.2) is 0 Å². The molecule has 0 bridgehead atoms. The summed E-state index contributed by atoms with van der Waals surface area (Å²) in [5, 5.41) is 11.0. The van der Waals surface area contributed by atoms with Crippen molar-refractivity contribution in [2.75, 3.05) is 52.5 Å². The Labute approximate surface area is 242 Å². The number of benzene rings is 4. The van der Waals surface area contributed by atoms with Gasteiger partial charge in [0, 0.05) is 26.2 Å². The predicted octanol–water partition coefficient (Wildman–Crippen LogP) is 4.68. The summed E-state index contributed by atoms with van der Waals surface area (Å²) in [4.78, 5) is 30.3. The van der Waals surface area contributed by atoms with E-state index in [1.807, 2.05) is 50.2 Å². The van der Waals surface area contributed by atoms with Crippen LogP contribution >= 0.6 is 0 Å². The molecule has 1 saturated heterocycles. The lowest BCUT2D eigenvalue weighted by Gasteiger charge is -2.26. The molecule has 5 rings (SSSR count). The van der Waals surface area contributed by atoms with E-state index >= 15 is 0 Å². The predicted molar refractivity (Wildman–Crippen MR) is 165 cm³/mol. The second-order valence-corrected chi connectivity index (χ2v) is 10.9. The van der Waals surface area contributed by atoms with Crippen molar-refractivity contribution in [2.24, 2.45) is 0 Å². The van der Waals surface area contributed by atoms with Crippen LogP contribution in [0.1, 0.15) is 37.1 Å². The lowest BCUT2D eigenvalue weighted by molar-refractivity contribution is -0.124. The summed E-state index contributed by atoms with van der Waals surface area (Å²) in [5.74, 6) is -0.0317. The van der Waals surface area contributed by atoms with Crippen LogP contribution in [0.25, 0.3) is 21.5 Å². The van der Waals surface area contributed by atoms with Gasteiger partial charge in [0.2, 0.25) is 11.8 Å². The van der Waals surface area contributed by atoms with Crippen molar-refractivity contribution >= 4 is 33.4 Å². The molecule has 4 aromatic rings. The number of rotatable bonds is 8. The molecule has 1 aliphatic heterocycles. The van der Waals surface area contributed by atoms with Gasteiger partial charge in [0.25, 0.3) is 0 Å². The number of nitrogens with one attached hydrogen (secondary N) is 2. The lowest BCUT2D eigenvalue weighted by Crippen LogP contribution is -2.44. The molecule has 0 aliphatic carbocycles.